The molecule has 3 rings (SSSR count). The van der Waals surface area contributed by atoms with Crippen LogP contribution in [0.4, 0.5) is 0 Å². The zero-order chi connectivity index (χ0) is 21.7. The number of aryl methyl sites for hydroxylation is 1. The Morgan fingerprint density at radius 1 is 1.13 bits per heavy atom. The van der Waals surface area contributed by atoms with Gasteiger partial charge in [0.2, 0.25) is 10.0 Å². The second-order valence-electron chi connectivity index (χ2n) is 7.08. The van der Waals surface area contributed by atoms with Gasteiger partial charge in [-0.15, -0.1) is 0 Å². The lowest BCUT2D eigenvalue weighted by atomic mass is 10.0. The summed E-state index contributed by atoms with van der Waals surface area (Å²) in [4.78, 5) is 16.5. The topological polar surface area (TPSA) is 81.1 Å². The van der Waals surface area contributed by atoms with E-state index in [1.165, 1.54) is 0 Å². The number of nitrogens with zero attached hydrogens (tertiary/aromatic N) is 2. The van der Waals surface area contributed by atoms with Crippen LogP contribution in [0, 0.1) is 6.92 Å². The molecule has 0 radical (unpaired) electrons. The molecule has 0 unspecified atom stereocenters. The second-order valence-corrected chi connectivity index (χ2v) is 9.33. The Morgan fingerprint density at radius 2 is 1.87 bits per heavy atom. The fourth-order valence-corrected chi connectivity index (χ4v) is 4.42. The van der Waals surface area contributed by atoms with Gasteiger partial charge in [0.15, 0.2) is 0 Å². The molecule has 0 bridgehead atoms. The SMILES string of the molecule is CCCCS(=O)(=O)NC(=O)c1cn(Cc2ccc(-c3ccccc3)cc2Cl)c(C)n1. The first kappa shape index (κ1) is 22.1. The van der Waals surface area contributed by atoms with Crippen molar-refractivity contribution in [2.45, 2.75) is 33.2 Å². The van der Waals surface area contributed by atoms with E-state index >= 15 is 0 Å². The number of nitrogens with one attached hydrogen (secondary N) is 1. The summed E-state index contributed by atoms with van der Waals surface area (Å²) in [6, 6.07) is 15.8. The van der Waals surface area contributed by atoms with Crippen LogP contribution in [0.25, 0.3) is 11.1 Å². The van der Waals surface area contributed by atoms with Gasteiger partial charge in [-0.2, -0.15) is 0 Å². The average Bonchev–Trinajstić information content (AvgIpc) is 3.09. The van der Waals surface area contributed by atoms with Crippen LogP contribution in [0.3, 0.4) is 0 Å². The smallest absolute Gasteiger partial charge is 0.284 e. The van der Waals surface area contributed by atoms with Crippen molar-refractivity contribution in [2.24, 2.45) is 0 Å². The molecule has 8 heteroatoms. The highest BCUT2D eigenvalue weighted by Crippen LogP contribution is 2.26. The number of carbonyl (C=O) groups is 1. The summed E-state index contributed by atoms with van der Waals surface area (Å²) in [7, 11) is -3.66. The molecule has 30 heavy (non-hydrogen) atoms. The quantitative estimate of drug-likeness (QED) is 0.556. The summed E-state index contributed by atoms with van der Waals surface area (Å²) in [5.41, 5.74) is 3.03. The second kappa shape index (κ2) is 9.45. The molecule has 0 saturated heterocycles. The molecule has 0 aliphatic carbocycles. The van der Waals surface area contributed by atoms with Gasteiger partial charge in [0.25, 0.3) is 5.91 Å². The molecule has 0 fully saturated rings. The molecule has 0 aliphatic rings. The molecule has 1 N–H and O–H groups in total. The predicted octanol–water partition coefficient (Wildman–Crippen LogP) is 4.42. The van der Waals surface area contributed by atoms with E-state index in [-0.39, 0.29) is 11.4 Å². The molecule has 3 aromatic rings. The Bertz CT molecular complexity index is 1140. The van der Waals surface area contributed by atoms with Crippen molar-refractivity contribution in [3.63, 3.8) is 0 Å². The number of hydrogen-bond acceptors (Lipinski definition) is 4. The van der Waals surface area contributed by atoms with Crippen LogP contribution in [0.5, 0.6) is 0 Å². The van der Waals surface area contributed by atoms with Crippen molar-refractivity contribution in [3.05, 3.63) is 76.8 Å². The van der Waals surface area contributed by atoms with Gasteiger partial charge in [0.1, 0.15) is 11.5 Å². The van der Waals surface area contributed by atoms with Crippen molar-refractivity contribution in [3.8, 4) is 11.1 Å². The van der Waals surface area contributed by atoms with E-state index in [0.717, 1.165) is 23.1 Å². The summed E-state index contributed by atoms with van der Waals surface area (Å²) >= 11 is 6.49. The van der Waals surface area contributed by atoms with E-state index in [4.69, 9.17) is 11.6 Å². The van der Waals surface area contributed by atoms with Crippen LogP contribution in [0.15, 0.2) is 54.7 Å². The minimum absolute atomic E-state index is 0.0598. The number of aromatic nitrogens is 2. The maximum atomic E-state index is 12.3. The summed E-state index contributed by atoms with van der Waals surface area (Å²) in [5.74, 6) is -0.217. The van der Waals surface area contributed by atoms with E-state index in [1.807, 2.05) is 55.5 Å². The molecule has 0 atom stereocenters. The standard InChI is InChI=1S/C22H24ClN3O3S/c1-3-4-12-30(28,29)25-22(27)21-15-26(16(2)24-21)14-19-11-10-18(13-20(19)23)17-8-6-5-7-9-17/h5-11,13,15H,3-4,12,14H2,1-2H3,(H,25,27). The monoisotopic (exact) mass is 445 g/mol. The van der Waals surface area contributed by atoms with E-state index in [2.05, 4.69) is 9.71 Å². The maximum absolute atomic E-state index is 12.3. The van der Waals surface area contributed by atoms with Gasteiger partial charge >= 0.3 is 0 Å². The van der Waals surface area contributed by atoms with Gasteiger partial charge < -0.3 is 4.57 Å². The van der Waals surface area contributed by atoms with E-state index < -0.39 is 15.9 Å². The number of benzene rings is 2. The average molecular weight is 446 g/mol. The van der Waals surface area contributed by atoms with Gasteiger partial charge in [0, 0.05) is 11.2 Å². The fraction of sp³-hybridized carbons (Fsp3) is 0.273. The largest absolute Gasteiger partial charge is 0.330 e. The summed E-state index contributed by atoms with van der Waals surface area (Å²) in [6.07, 6.45) is 2.77. The molecule has 2 aromatic carbocycles. The highest BCUT2D eigenvalue weighted by atomic mass is 35.5. The minimum atomic E-state index is -3.66. The molecular formula is C22H24ClN3O3S. The van der Waals surface area contributed by atoms with Crippen LogP contribution in [0.1, 0.15) is 41.6 Å². The van der Waals surface area contributed by atoms with Crippen molar-refractivity contribution >= 4 is 27.5 Å². The van der Waals surface area contributed by atoms with Gasteiger partial charge in [0.05, 0.1) is 12.3 Å². The Hall–Kier alpha value is -2.64. The van der Waals surface area contributed by atoms with Crippen molar-refractivity contribution in [2.75, 3.05) is 5.75 Å². The third kappa shape index (κ3) is 5.49. The molecule has 1 amide bonds. The summed E-state index contributed by atoms with van der Waals surface area (Å²) in [6.45, 7) is 4.07. The minimum Gasteiger partial charge on any atom is -0.330 e. The molecule has 0 aliphatic heterocycles. The first-order chi connectivity index (χ1) is 14.3. The first-order valence-corrected chi connectivity index (χ1v) is 11.7. The third-order valence-corrected chi connectivity index (χ3v) is 6.40. The van der Waals surface area contributed by atoms with Crippen LogP contribution in [0.2, 0.25) is 5.02 Å². The van der Waals surface area contributed by atoms with Gasteiger partial charge in [-0.25, -0.2) is 18.1 Å². The van der Waals surface area contributed by atoms with E-state index in [1.54, 1.807) is 17.7 Å². The number of amides is 1. The predicted molar refractivity (Wildman–Crippen MR) is 119 cm³/mol. The van der Waals surface area contributed by atoms with Gasteiger partial charge in [-0.3, -0.25) is 4.79 Å². The highest BCUT2D eigenvalue weighted by Gasteiger charge is 2.19. The van der Waals surface area contributed by atoms with Crippen LogP contribution < -0.4 is 4.72 Å². The van der Waals surface area contributed by atoms with Crippen molar-refractivity contribution < 1.29 is 13.2 Å². The molecule has 1 aromatic heterocycles. The Labute approximate surface area is 182 Å². The number of sulfonamides is 1. The van der Waals surface area contributed by atoms with Crippen LogP contribution in [-0.2, 0) is 16.6 Å². The fourth-order valence-electron chi connectivity index (χ4n) is 3.03. The molecular weight excluding hydrogens is 422 g/mol. The number of carbonyl (C=O) groups excluding carboxylic acids is 1. The normalized spacial score (nSPS) is 11.4. The van der Waals surface area contributed by atoms with Gasteiger partial charge in [-0.05, 0) is 36.1 Å². The van der Waals surface area contributed by atoms with E-state index in [0.29, 0.717) is 23.8 Å². The molecule has 158 valence electrons. The Balaban J connectivity index is 1.75. The highest BCUT2D eigenvalue weighted by molar-refractivity contribution is 7.90. The number of unbranched alkanes of at least 4 members (excludes halogenated alkanes) is 1. The molecule has 6 nitrogen and oxygen atoms in total. The molecule has 0 spiro atoms. The summed E-state index contributed by atoms with van der Waals surface area (Å²) in [5, 5.41) is 0.609. The van der Waals surface area contributed by atoms with Gasteiger partial charge in [-0.1, -0.05) is 67.4 Å². The molecule has 0 saturated carbocycles. The van der Waals surface area contributed by atoms with E-state index in [9.17, 15) is 13.2 Å². The molecule has 1 heterocycles. The zero-order valence-corrected chi connectivity index (χ0v) is 18.5. The number of hydrogen-bond donors (Lipinski definition) is 1. The summed E-state index contributed by atoms with van der Waals surface area (Å²) < 4.78 is 27.8. The number of halogens is 1. The van der Waals surface area contributed by atoms with Crippen LogP contribution >= 0.6 is 11.6 Å². The number of rotatable bonds is 8. The van der Waals surface area contributed by atoms with Crippen molar-refractivity contribution in [1.29, 1.82) is 0 Å². The third-order valence-electron chi connectivity index (χ3n) is 4.72. The maximum Gasteiger partial charge on any atom is 0.284 e. The van der Waals surface area contributed by atoms with Crippen molar-refractivity contribution in [1.82, 2.24) is 14.3 Å². The lowest BCUT2D eigenvalue weighted by Crippen LogP contribution is -2.32. The Kier molecular flexibility index (Phi) is 6.95. The Morgan fingerprint density at radius 3 is 2.53 bits per heavy atom. The first-order valence-electron chi connectivity index (χ1n) is 9.71. The zero-order valence-electron chi connectivity index (χ0n) is 16.9. The van der Waals surface area contributed by atoms with Crippen LogP contribution in [-0.4, -0.2) is 29.6 Å². The lowest BCUT2D eigenvalue weighted by molar-refractivity contribution is 0.0977. The lowest BCUT2D eigenvalue weighted by Gasteiger charge is -2.09. The number of imidazole rings is 1.